The van der Waals surface area contributed by atoms with Crippen LogP contribution in [0.2, 0.25) is 0 Å². The van der Waals surface area contributed by atoms with Crippen LogP contribution in [0.15, 0.2) is 10.6 Å². The number of β-lactam (4-membered cyclic amide) rings is 1. The van der Waals surface area contributed by atoms with Crippen molar-refractivity contribution in [2.45, 2.75) is 43.7 Å². The van der Waals surface area contributed by atoms with Crippen molar-refractivity contribution in [2.24, 2.45) is 11.8 Å². The van der Waals surface area contributed by atoms with Crippen LogP contribution in [-0.4, -0.2) is 81.1 Å². The van der Waals surface area contributed by atoms with Crippen molar-refractivity contribution < 1.29 is 29.7 Å². The molecule has 3 aliphatic rings. The molecule has 150 valence electrons. The Labute approximate surface area is 161 Å². The van der Waals surface area contributed by atoms with E-state index in [2.05, 4.69) is 10.6 Å². The van der Waals surface area contributed by atoms with Crippen LogP contribution in [0.1, 0.15) is 20.3 Å². The first-order valence-electron chi connectivity index (χ1n) is 9.05. The highest BCUT2D eigenvalue weighted by atomic mass is 32.2. The molecular formula is C17H25N3O6S. The Bertz CT molecular complexity index is 682. The van der Waals surface area contributed by atoms with E-state index in [4.69, 9.17) is 5.11 Å². The molecule has 0 aliphatic carbocycles. The first kappa shape index (κ1) is 20.1. The average molecular weight is 399 g/mol. The lowest BCUT2D eigenvalue weighted by Gasteiger charge is -2.46. The lowest BCUT2D eigenvalue weighted by atomic mass is 9.79. The second kappa shape index (κ2) is 7.78. The Morgan fingerprint density at radius 2 is 2.15 bits per heavy atom. The first-order chi connectivity index (χ1) is 12.8. The number of aliphatic carboxylic acids is 1. The summed E-state index contributed by atoms with van der Waals surface area (Å²) in [7, 11) is 0. The highest BCUT2D eigenvalue weighted by molar-refractivity contribution is 8.03. The van der Waals surface area contributed by atoms with Crippen LogP contribution in [-0.2, 0) is 14.4 Å². The van der Waals surface area contributed by atoms with Gasteiger partial charge in [0, 0.05) is 29.2 Å². The van der Waals surface area contributed by atoms with Crippen LogP contribution in [0.25, 0.3) is 0 Å². The number of rotatable bonds is 7. The van der Waals surface area contributed by atoms with E-state index < -0.39 is 18.0 Å². The summed E-state index contributed by atoms with van der Waals surface area (Å²) in [5, 5.41) is 34.1. The highest BCUT2D eigenvalue weighted by Gasteiger charge is 2.60. The zero-order chi connectivity index (χ0) is 19.9. The third kappa shape index (κ3) is 3.46. The van der Waals surface area contributed by atoms with Gasteiger partial charge in [-0.1, -0.05) is 6.92 Å². The van der Waals surface area contributed by atoms with E-state index in [9.17, 15) is 24.6 Å². The summed E-state index contributed by atoms with van der Waals surface area (Å²) in [5.74, 6) is -2.44. The van der Waals surface area contributed by atoms with Crippen molar-refractivity contribution in [1.82, 2.24) is 15.5 Å². The van der Waals surface area contributed by atoms with Gasteiger partial charge in [0.1, 0.15) is 5.70 Å². The molecule has 2 amide bonds. The van der Waals surface area contributed by atoms with Crippen molar-refractivity contribution >= 4 is 29.5 Å². The Morgan fingerprint density at radius 3 is 2.74 bits per heavy atom. The van der Waals surface area contributed by atoms with Gasteiger partial charge >= 0.3 is 5.97 Å². The smallest absolute Gasteiger partial charge is 0.353 e. The van der Waals surface area contributed by atoms with Crippen molar-refractivity contribution in [3.63, 3.8) is 0 Å². The number of aliphatic hydroxyl groups is 2. The molecule has 0 saturated carbocycles. The molecule has 9 nitrogen and oxygen atoms in total. The number of carbonyl (C=O) groups excluding carboxylic acids is 2. The molecule has 0 aromatic heterocycles. The summed E-state index contributed by atoms with van der Waals surface area (Å²) in [6.45, 7) is 4.04. The summed E-state index contributed by atoms with van der Waals surface area (Å²) in [5.41, 5.74) is 0.00702. The van der Waals surface area contributed by atoms with Crippen molar-refractivity contribution in [3.8, 4) is 0 Å². The van der Waals surface area contributed by atoms with E-state index in [-0.39, 0.29) is 53.9 Å². The molecule has 3 aliphatic heterocycles. The van der Waals surface area contributed by atoms with Crippen molar-refractivity contribution in [3.05, 3.63) is 10.6 Å². The molecule has 10 heteroatoms. The zero-order valence-electron chi connectivity index (χ0n) is 15.2. The molecule has 0 bridgehead atoms. The van der Waals surface area contributed by atoms with Gasteiger partial charge in [-0.3, -0.25) is 9.59 Å². The minimum Gasteiger partial charge on any atom is -0.477 e. The average Bonchev–Trinajstić information content (AvgIpc) is 3.15. The van der Waals surface area contributed by atoms with Crippen LogP contribution >= 0.6 is 11.8 Å². The maximum atomic E-state index is 12.3. The minimum absolute atomic E-state index is 0.000443. The van der Waals surface area contributed by atoms with Gasteiger partial charge in [-0.25, -0.2) is 4.79 Å². The number of fused-ring (bicyclic) bond motifs is 1. The predicted molar refractivity (Wildman–Crippen MR) is 97.5 cm³/mol. The second-order valence-corrected chi connectivity index (χ2v) is 8.57. The number of carboxylic acid groups (broad SMARTS) is 1. The SMILES string of the molecule is C[C@@H](O)[C@H]1C(=O)N2C(C(=O)O)=C(S[C@@H]3CN[C@H](C(=O)NCCO)C3)[C@H](C)[C@H]12. The van der Waals surface area contributed by atoms with E-state index in [1.54, 1.807) is 6.92 Å². The van der Waals surface area contributed by atoms with Gasteiger partial charge in [0.05, 0.1) is 30.7 Å². The predicted octanol–water partition coefficient (Wildman–Crippen LogP) is -1.29. The number of hydrogen-bond acceptors (Lipinski definition) is 7. The molecule has 2 saturated heterocycles. The quantitative estimate of drug-likeness (QED) is 0.333. The molecule has 0 aromatic carbocycles. The normalized spacial score (nSPS) is 33.7. The monoisotopic (exact) mass is 399 g/mol. The number of aliphatic hydroxyl groups excluding tert-OH is 2. The van der Waals surface area contributed by atoms with E-state index in [0.717, 1.165) is 0 Å². The van der Waals surface area contributed by atoms with E-state index in [0.29, 0.717) is 17.9 Å². The molecule has 0 aromatic rings. The van der Waals surface area contributed by atoms with Crippen molar-refractivity contribution in [2.75, 3.05) is 19.7 Å². The lowest BCUT2D eigenvalue weighted by molar-refractivity contribution is -0.163. The molecule has 3 rings (SSSR count). The first-order valence-corrected chi connectivity index (χ1v) is 9.93. The molecule has 27 heavy (non-hydrogen) atoms. The molecule has 2 fully saturated rings. The minimum atomic E-state index is -1.15. The lowest BCUT2D eigenvalue weighted by Crippen LogP contribution is -2.63. The maximum absolute atomic E-state index is 12.3. The largest absolute Gasteiger partial charge is 0.477 e. The molecule has 0 unspecified atom stereocenters. The number of amides is 2. The van der Waals surface area contributed by atoms with E-state index in [1.807, 2.05) is 6.92 Å². The molecule has 5 N–H and O–H groups in total. The fraction of sp³-hybridized carbons (Fsp3) is 0.706. The summed E-state index contributed by atoms with van der Waals surface area (Å²) in [6.07, 6.45) is -0.294. The van der Waals surface area contributed by atoms with Gasteiger partial charge in [-0.05, 0) is 13.3 Å². The molecular weight excluding hydrogens is 374 g/mol. The van der Waals surface area contributed by atoms with Gasteiger partial charge in [0.25, 0.3) is 0 Å². The van der Waals surface area contributed by atoms with Gasteiger partial charge < -0.3 is 30.9 Å². The van der Waals surface area contributed by atoms with E-state index in [1.165, 1.54) is 16.7 Å². The van der Waals surface area contributed by atoms with Crippen molar-refractivity contribution in [1.29, 1.82) is 0 Å². The van der Waals surface area contributed by atoms with E-state index >= 15 is 0 Å². The topological polar surface area (TPSA) is 139 Å². The number of thioether (sulfide) groups is 1. The number of carboxylic acids is 1. The zero-order valence-corrected chi connectivity index (χ0v) is 16.0. The van der Waals surface area contributed by atoms with Crippen LogP contribution in [0, 0.1) is 11.8 Å². The van der Waals surface area contributed by atoms with Crippen LogP contribution in [0.5, 0.6) is 0 Å². The Balaban J connectivity index is 1.72. The molecule has 6 atom stereocenters. The second-order valence-electron chi connectivity index (χ2n) is 7.22. The van der Waals surface area contributed by atoms with Gasteiger partial charge in [-0.2, -0.15) is 0 Å². The molecule has 0 radical (unpaired) electrons. The fourth-order valence-electron chi connectivity index (χ4n) is 4.15. The Kier molecular flexibility index (Phi) is 5.80. The standard InChI is InChI=1S/C17H25N3O6S/c1-7-12-11(8(2)22)16(24)20(12)13(17(25)26)14(7)27-9-5-10(19-6-9)15(23)18-3-4-21/h7-12,19,21-22H,3-6H2,1-2H3,(H,18,23)(H,25,26)/t7-,8-,9+,10+,11-,12-/m1/s1. The maximum Gasteiger partial charge on any atom is 0.353 e. The Morgan fingerprint density at radius 1 is 1.44 bits per heavy atom. The number of carbonyl (C=O) groups is 3. The molecule has 0 spiro atoms. The summed E-state index contributed by atoms with van der Waals surface area (Å²) < 4.78 is 0. The van der Waals surface area contributed by atoms with Gasteiger partial charge in [0.2, 0.25) is 11.8 Å². The highest BCUT2D eigenvalue weighted by Crippen LogP contribution is 2.51. The molecule has 3 heterocycles. The summed E-state index contributed by atoms with van der Waals surface area (Å²) >= 11 is 1.40. The van der Waals surface area contributed by atoms with Gasteiger partial charge in [-0.15, -0.1) is 11.8 Å². The fourth-order valence-corrected chi connectivity index (χ4v) is 5.63. The summed E-state index contributed by atoms with van der Waals surface area (Å²) in [6, 6.07) is -0.715. The van der Waals surface area contributed by atoms with Gasteiger partial charge in [0.15, 0.2) is 0 Å². The van der Waals surface area contributed by atoms with Crippen LogP contribution in [0.4, 0.5) is 0 Å². The number of hydrogen-bond donors (Lipinski definition) is 5. The number of nitrogens with zero attached hydrogens (tertiary/aromatic N) is 1. The summed E-state index contributed by atoms with van der Waals surface area (Å²) in [4.78, 5) is 38.1. The number of nitrogens with one attached hydrogen (secondary N) is 2. The van der Waals surface area contributed by atoms with Crippen LogP contribution in [0.3, 0.4) is 0 Å². The Hall–Kier alpha value is -1.62. The third-order valence-corrected chi connectivity index (χ3v) is 6.93. The van der Waals surface area contributed by atoms with Crippen LogP contribution < -0.4 is 10.6 Å². The third-order valence-electron chi connectivity index (χ3n) is 5.42.